The summed E-state index contributed by atoms with van der Waals surface area (Å²) in [6, 6.07) is 14.4. The molecule has 0 radical (unpaired) electrons. The number of unbranched alkanes of at least 4 members (excludes halogenated alkanes) is 2. The van der Waals surface area contributed by atoms with Crippen LogP contribution in [0.4, 0.5) is 0 Å². The Kier molecular flexibility index (Phi) is 10.6. The van der Waals surface area contributed by atoms with E-state index in [0.29, 0.717) is 11.8 Å². The summed E-state index contributed by atoms with van der Waals surface area (Å²) in [5, 5.41) is 0. The summed E-state index contributed by atoms with van der Waals surface area (Å²) in [5.74, 6) is -0.269. The molecule has 2 saturated carbocycles. The van der Waals surface area contributed by atoms with Gasteiger partial charge in [0.1, 0.15) is 0 Å². The van der Waals surface area contributed by atoms with Crippen molar-refractivity contribution in [2.75, 3.05) is 0 Å². The Bertz CT molecular complexity index is 1290. The van der Waals surface area contributed by atoms with E-state index in [1.807, 2.05) is 0 Å². The Morgan fingerprint density at radius 2 is 1.05 bits per heavy atom. The molecule has 0 spiro atoms. The molecule has 2 aromatic carbocycles. The van der Waals surface area contributed by atoms with Crippen LogP contribution >= 0.6 is 17.0 Å². The van der Waals surface area contributed by atoms with Crippen molar-refractivity contribution in [2.45, 2.75) is 137 Å². The van der Waals surface area contributed by atoms with E-state index >= 15 is 0 Å². The minimum atomic E-state index is -4.75. The van der Waals surface area contributed by atoms with Gasteiger partial charge in [-0.3, -0.25) is 0 Å². The molecule has 2 fully saturated rings. The molecule has 2 aromatic rings. The first-order valence-corrected chi connectivity index (χ1v) is 34.8. The van der Waals surface area contributed by atoms with Gasteiger partial charge in [0, 0.05) is 0 Å². The minimum absolute atomic E-state index is 0.258. The van der Waals surface area contributed by atoms with Gasteiger partial charge < -0.3 is 0 Å². The molecule has 0 aliphatic heterocycles. The quantitative estimate of drug-likeness (QED) is 0.202. The Morgan fingerprint density at radius 1 is 0.636 bits per heavy atom. The third-order valence-electron chi connectivity index (χ3n) is 12.3. The fourth-order valence-corrected chi connectivity index (χ4v) is 40.8. The van der Waals surface area contributed by atoms with Gasteiger partial charge in [0.2, 0.25) is 0 Å². The first kappa shape index (κ1) is 33.5. The van der Waals surface area contributed by atoms with Crippen molar-refractivity contribution in [3.63, 3.8) is 0 Å². The summed E-state index contributed by atoms with van der Waals surface area (Å²) in [6.07, 6.45) is 26.0. The number of fused-ring (bicyclic) bond motifs is 2. The third kappa shape index (κ3) is 5.92. The van der Waals surface area contributed by atoms with Crippen molar-refractivity contribution in [3.05, 3.63) is 80.9 Å². The van der Waals surface area contributed by atoms with Gasteiger partial charge in [-0.05, 0) is 0 Å². The fourth-order valence-electron chi connectivity index (χ4n) is 9.79. The van der Waals surface area contributed by atoms with Crippen LogP contribution in [0, 0.1) is 11.8 Å². The first-order valence-electron chi connectivity index (χ1n) is 18.5. The molecule has 44 heavy (non-hydrogen) atoms. The van der Waals surface area contributed by atoms with Crippen LogP contribution in [0.5, 0.6) is 0 Å². The van der Waals surface area contributed by atoms with Crippen LogP contribution in [0.15, 0.2) is 47.5 Å². The standard InChI is InChI=1S/2C19H25.C2H7Si.2ClH.Zr/c2*1-2-3-8-16-11-7-12-17-13-18(14-19(16)17)15-9-5-4-6-10-15;1-3-2;;;/h2*7,11-15H,2-6,8-10H2,1H3;3H,1-2H3;2*1H;/q;;;;;+2/p-2. The molecule has 0 saturated heterocycles. The molecule has 0 heterocycles. The van der Waals surface area contributed by atoms with Crippen molar-refractivity contribution in [1.82, 2.24) is 0 Å². The summed E-state index contributed by atoms with van der Waals surface area (Å²) >= 11 is -4.75. The number of allylic oxidation sites excluding steroid dienone is 2. The summed E-state index contributed by atoms with van der Waals surface area (Å²) < 4.78 is 0.515. The number of aryl methyl sites for hydroxylation is 2. The molecule has 6 rings (SSSR count). The topological polar surface area (TPSA) is 0 Å². The molecule has 0 nitrogen and oxygen atoms in total. The summed E-state index contributed by atoms with van der Waals surface area (Å²) in [6.45, 7) is 9.75. The number of benzene rings is 2. The van der Waals surface area contributed by atoms with Gasteiger partial charge in [0.25, 0.3) is 0 Å². The zero-order valence-corrected chi connectivity index (χ0v) is 33.2. The summed E-state index contributed by atoms with van der Waals surface area (Å²) in [4.78, 5) is 0. The Morgan fingerprint density at radius 3 is 1.41 bits per heavy atom. The van der Waals surface area contributed by atoms with Gasteiger partial charge in [-0.1, -0.05) is 0 Å². The Hall–Kier alpha value is -0.400. The molecule has 0 amide bonds. The van der Waals surface area contributed by atoms with Crippen LogP contribution in [0.25, 0.3) is 12.2 Å². The molecule has 2 unspecified atom stereocenters. The van der Waals surface area contributed by atoms with Crippen LogP contribution in [0.2, 0.25) is 13.1 Å². The average Bonchev–Trinajstić information content (AvgIpc) is 3.65. The van der Waals surface area contributed by atoms with Crippen molar-refractivity contribution in [2.24, 2.45) is 11.8 Å². The second-order valence-corrected chi connectivity index (χ2v) is 57.8. The zero-order valence-electron chi connectivity index (χ0n) is 28.1. The SMILES string of the molecule is CCCCc1cccc2c1C=C(C1CCCCC1)[CH]2[Zr]([Cl])([Cl])([CH]1C(C2CCCCC2)=Cc2c(CCCC)cccc21)[SiH](C)C. The molecule has 4 aliphatic rings. The molecule has 4 aliphatic carbocycles. The molecule has 4 heteroatoms. The van der Waals surface area contributed by atoms with Gasteiger partial charge in [-0.2, -0.15) is 0 Å². The molecule has 0 aromatic heterocycles. The van der Waals surface area contributed by atoms with Gasteiger partial charge in [-0.15, -0.1) is 0 Å². The van der Waals surface area contributed by atoms with Gasteiger partial charge in [0.15, 0.2) is 0 Å². The molecule has 0 N–H and O–H groups in total. The van der Waals surface area contributed by atoms with Crippen molar-refractivity contribution in [3.8, 4) is 0 Å². The maximum atomic E-state index is 8.89. The fraction of sp³-hybridized carbons (Fsp3) is 0.600. The van der Waals surface area contributed by atoms with E-state index in [2.05, 4.69) is 75.5 Å². The second kappa shape index (κ2) is 14.0. The van der Waals surface area contributed by atoms with Crippen LogP contribution in [-0.4, -0.2) is 5.92 Å². The van der Waals surface area contributed by atoms with Gasteiger partial charge in [-0.25, -0.2) is 0 Å². The maximum absolute atomic E-state index is 8.89. The van der Waals surface area contributed by atoms with Crippen LogP contribution in [-0.2, 0) is 28.4 Å². The molecule has 239 valence electrons. The van der Waals surface area contributed by atoms with Crippen molar-refractivity contribution in [1.29, 1.82) is 0 Å². The molecular formula is C40H57Cl2SiZr. The number of hydrogen-bond donors (Lipinski definition) is 0. The average molecular weight is 728 g/mol. The predicted octanol–water partition coefficient (Wildman–Crippen LogP) is 13.1. The van der Waals surface area contributed by atoms with Crippen LogP contribution in [0.3, 0.4) is 0 Å². The van der Waals surface area contributed by atoms with E-state index in [1.165, 1.54) is 123 Å². The second-order valence-electron chi connectivity index (χ2n) is 15.3. The molecular weight excluding hydrogens is 671 g/mol. The Labute approximate surface area is 278 Å². The molecule has 2 atom stereocenters. The van der Waals surface area contributed by atoms with E-state index < -0.39 is 21.5 Å². The first-order chi connectivity index (χ1) is 21.3. The number of halogens is 2. The third-order valence-corrected chi connectivity index (χ3v) is 64.0. The summed E-state index contributed by atoms with van der Waals surface area (Å²) in [5.41, 5.74) is 12.5. The predicted molar refractivity (Wildman–Crippen MR) is 195 cm³/mol. The van der Waals surface area contributed by atoms with Crippen LogP contribution in [0.1, 0.15) is 144 Å². The van der Waals surface area contributed by atoms with Crippen LogP contribution < -0.4 is 0 Å². The van der Waals surface area contributed by atoms with E-state index in [9.17, 15) is 0 Å². The van der Waals surface area contributed by atoms with E-state index in [0.717, 1.165) is 12.8 Å². The van der Waals surface area contributed by atoms with Crippen molar-refractivity contribution < 1.29 is 15.6 Å². The molecule has 0 bridgehead atoms. The monoisotopic (exact) mass is 725 g/mol. The normalized spacial score (nSPS) is 23.7. The van der Waals surface area contributed by atoms with Gasteiger partial charge in [0.05, 0.1) is 0 Å². The number of hydrogen-bond acceptors (Lipinski definition) is 0. The Balaban J connectivity index is 1.57. The zero-order chi connectivity index (χ0) is 30.9. The van der Waals surface area contributed by atoms with Crippen molar-refractivity contribution >= 4 is 35.1 Å². The summed E-state index contributed by atoms with van der Waals surface area (Å²) in [7, 11) is 17.8. The van der Waals surface area contributed by atoms with E-state index in [-0.39, 0.29) is 7.25 Å². The van der Waals surface area contributed by atoms with Gasteiger partial charge >= 0.3 is 280 Å². The van der Waals surface area contributed by atoms with E-state index in [1.54, 1.807) is 11.1 Å². The number of rotatable bonds is 11. The van der Waals surface area contributed by atoms with E-state index in [4.69, 9.17) is 17.0 Å².